The van der Waals surface area contributed by atoms with Gasteiger partial charge in [-0.15, -0.1) is 0 Å². The van der Waals surface area contributed by atoms with E-state index in [4.69, 9.17) is 9.47 Å². The Bertz CT molecular complexity index is 1080. The van der Waals surface area contributed by atoms with E-state index < -0.39 is 33.2 Å². The molecule has 2 aromatic carbocycles. The lowest BCUT2D eigenvalue weighted by Gasteiger charge is -2.13. The highest BCUT2D eigenvalue weighted by Crippen LogP contribution is 2.38. The number of carbonyl (C=O) groups is 2. The van der Waals surface area contributed by atoms with Crippen LogP contribution in [-0.4, -0.2) is 42.6 Å². The van der Waals surface area contributed by atoms with Crippen molar-refractivity contribution in [3.63, 3.8) is 0 Å². The second-order valence-corrected chi connectivity index (χ2v) is 5.95. The molecular weight excluding hydrogens is 428 g/mol. The Balaban J connectivity index is 2.50. The molecule has 0 bridgehead atoms. The maximum atomic E-state index is 11.9. The quantitative estimate of drug-likeness (QED) is 0.139. The van der Waals surface area contributed by atoms with Gasteiger partial charge in [0.05, 0.1) is 36.7 Å². The molecule has 2 aromatic rings. The third-order valence-corrected chi connectivity index (χ3v) is 3.96. The van der Waals surface area contributed by atoms with E-state index in [1.54, 1.807) is 6.92 Å². The summed E-state index contributed by atoms with van der Waals surface area (Å²) in [6, 6.07) is 7.24. The third kappa shape index (κ3) is 5.56. The number of benzene rings is 2. The molecule has 0 aliphatic heterocycles. The number of rotatable bonds is 9. The summed E-state index contributed by atoms with van der Waals surface area (Å²) in [5, 5.41) is 22.2. The van der Waals surface area contributed by atoms with Crippen LogP contribution < -0.4 is 9.47 Å². The molecule has 0 radical (unpaired) electrons. The van der Waals surface area contributed by atoms with Gasteiger partial charge in [-0.05, 0) is 36.8 Å². The number of ether oxygens (including phenoxy) is 4. The monoisotopic (exact) mass is 446 g/mol. The molecule has 0 aromatic heterocycles. The molecular formula is C20H18N2O10. The minimum Gasteiger partial charge on any atom is -0.490 e. The van der Waals surface area contributed by atoms with Crippen molar-refractivity contribution in [1.29, 1.82) is 0 Å². The predicted molar refractivity (Wildman–Crippen MR) is 109 cm³/mol. The molecule has 0 aliphatic carbocycles. The summed E-state index contributed by atoms with van der Waals surface area (Å²) in [5.74, 6) is -1.84. The van der Waals surface area contributed by atoms with Crippen LogP contribution in [0.3, 0.4) is 0 Å². The number of hydrogen-bond donors (Lipinski definition) is 0. The van der Waals surface area contributed by atoms with Crippen LogP contribution in [0.25, 0.3) is 6.08 Å². The molecule has 0 saturated heterocycles. The van der Waals surface area contributed by atoms with Crippen molar-refractivity contribution in [3.05, 3.63) is 67.8 Å². The summed E-state index contributed by atoms with van der Waals surface area (Å²) in [5.41, 5.74) is -1.08. The number of carbonyl (C=O) groups excluding carboxylic acids is 2. The number of nitrogens with zero attached hydrogens (tertiary/aromatic N) is 2. The van der Waals surface area contributed by atoms with Crippen LogP contribution in [0, 0.1) is 20.2 Å². The topological polar surface area (TPSA) is 157 Å². The average molecular weight is 446 g/mol. The first kappa shape index (κ1) is 23.8. The van der Waals surface area contributed by atoms with Gasteiger partial charge in [-0.2, -0.15) is 0 Å². The van der Waals surface area contributed by atoms with Gasteiger partial charge in [0.15, 0.2) is 11.5 Å². The minimum atomic E-state index is -0.906. The molecule has 12 nitrogen and oxygen atoms in total. The van der Waals surface area contributed by atoms with Gasteiger partial charge < -0.3 is 18.9 Å². The van der Waals surface area contributed by atoms with Crippen molar-refractivity contribution in [3.8, 4) is 17.2 Å². The zero-order valence-corrected chi connectivity index (χ0v) is 17.2. The SMILES string of the molecule is CCOc1cc(C=C(C(=O)OC)C(=O)OC)ccc1Oc1ccc([N+](=O)[O-])cc1[N+](=O)[O-]. The first-order valence-electron chi connectivity index (χ1n) is 8.97. The Morgan fingerprint density at radius 3 is 2.06 bits per heavy atom. The Morgan fingerprint density at radius 1 is 0.906 bits per heavy atom. The molecule has 168 valence electrons. The molecule has 0 atom stereocenters. The van der Waals surface area contributed by atoms with Crippen LogP contribution >= 0.6 is 0 Å². The first-order valence-corrected chi connectivity index (χ1v) is 8.97. The van der Waals surface area contributed by atoms with Crippen molar-refractivity contribution in [2.45, 2.75) is 6.92 Å². The van der Waals surface area contributed by atoms with Gasteiger partial charge in [0.2, 0.25) is 5.75 Å². The number of methoxy groups -OCH3 is 2. The highest BCUT2D eigenvalue weighted by Gasteiger charge is 2.23. The lowest BCUT2D eigenvalue weighted by Crippen LogP contribution is -2.15. The molecule has 12 heteroatoms. The number of nitro benzene ring substituents is 2. The molecule has 0 fully saturated rings. The Morgan fingerprint density at radius 2 is 1.53 bits per heavy atom. The zero-order valence-electron chi connectivity index (χ0n) is 17.2. The standard InChI is InChI=1S/C20H18N2O10/c1-4-31-18-10-12(9-14(19(23)29-2)20(24)30-3)5-7-17(18)32-16-8-6-13(21(25)26)11-15(16)22(27)28/h5-11H,4H2,1-3H3. The summed E-state index contributed by atoms with van der Waals surface area (Å²) in [6.07, 6.45) is 1.22. The average Bonchev–Trinajstić information content (AvgIpc) is 2.78. The van der Waals surface area contributed by atoms with Crippen LogP contribution in [0.2, 0.25) is 0 Å². The van der Waals surface area contributed by atoms with Crippen molar-refractivity contribution in [2.75, 3.05) is 20.8 Å². The fourth-order valence-electron chi connectivity index (χ4n) is 2.52. The summed E-state index contributed by atoms with van der Waals surface area (Å²) < 4.78 is 20.2. The van der Waals surface area contributed by atoms with E-state index in [0.29, 0.717) is 5.56 Å². The second-order valence-electron chi connectivity index (χ2n) is 5.95. The molecule has 0 N–H and O–H groups in total. The predicted octanol–water partition coefficient (Wildman–Crippen LogP) is 3.42. The Labute approximate surface area is 181 Å². The van der Waals surface area contributed by atoms with E-state index in [2.05, 4.69) is 9.47 Å². The number of hydrogen-bond acceptors (Lipinski definition) is 10. The van der Waals surface area contributed by atoms with Crippen LogP contribution in [0.1, 0.15) is 12.5 Å². The highest BCUT2D eigenvalue weighted by atomic mass is 16.6. The van der Waals surface area contributed by atoms with E-state index in [0.717, 1.165) is 32.4 Å². The van der Waals surface area contributed by atoms with Crippen molar-refractivity contribution >= 4 is 29.4 Å². The molecule has 32 heavy (non-hydrogen) atoms. The molecule has 0 amide bonds. The summed E-state index contributed by atoms with van der Waals surface area (Å²) >= 11 is 0. The lowest BCUT2D eigenvalue weighted by molar-refractivity contribution is -0.394. The summed E-state index contributed by atoms with van der Waals surface area (Å²) in [4.78, 5) is 44.4. The molecule has 2 rings (SSSR count). The van der Waals surface area contributed by atoms with E-state index >= 15 is 0 Å². The molecule has 0 unspecified atom stereocenters. The van der Waals surface area contributed by atoms with Crippen molar-refractivity contribution in [2.24, 2.45) is 0 Å². The van der Waals surface area contributed by atoms with Gasteiger partial charge in [0, 0.05) is 6.07 Å². The normalized spacial score (nSPS) is 9.97. The van der Waals surface area contributed by atoms with E-state index in [1.165, 1.54) is 24.3 Å². The molecule has 0 saturated carbocycles. The van der Waals surface area contributed by atoms with Gasteiger partial charge >= 0.3 is 17.6 Å². The van der Waals surface area contributed by atoms with E-state index in [1.807, 2.05) is 0 Å². The molecule has 0 aliphatic rings. The summed E-state index contributed by atoms with van der Waals surface area (Å²) in [6.45, 7) is 1.89. The fourth-order valence-corrected chi connectivity index (χ4v) is 2.52. The van der Waals surface area contributed by atoms with Crippen molar-refractivity contribution < 1.29 is 38.4 Å². The van der Waals surface area contributed by atoms with Crippen LogP contribution in [0.5, 0.6) is 17.2 Å². The Kier molecular flexibility index (Phi) is 7.82. The lowest BCUT2D eigenvalue weighted by atomic mass is 10.1. The van der Waals surface area contributed by atoms with Gasteiger partial charge in [0.1, 0.15) is 5.57 Å². The molecule has 0 heterocycles. The third-order valence-electron chi connectivity index (χ3n) is 3.96. The highest BCUT2D eigenvalue weighted by molar-refractivity contribution is 6.17. The number of non-ortho nitro benzene ring substituents is 1. The number of esters is 2. The van der Waals surface area contributed by atoms with E-state index in [-0.39, 0.29) is 29.4 Å². The van der Waals surface area contributed by atoms with Crippen LogP contribution in [0.15, 0.2) is 42.0 Å². The van der Waals surface area contributed by atoms with Crippen LogP contribution in [0.4, 0.5) is 11.4 Å². The maximum Gasteiger partial charge on any atom is 0.345 e. The van der Waals surface area contributed by atoms with E-state index in [9.17, 15) is 29.8 Å². The van der Waals surface area contributed by atoms with Crippen LogP contribution in [-0.2, 0) is 19.1 Å². The Hall–Kier alpha value is -4.48. The number of nitro groups is 2. The zero-order chi connectivity index (χ0) is 23.8. The first-order chi connectivity index (χ1) is 15.2. The van der Waals surface area contributed by atoms with Gasteiger partial charge in [0.25, 0.3) is 5.69 Å². The fraction of sp³-hybridized carbons (Fsp3) is 0.200. The largest absolute Gasteiger partial charge is 0.490 e. The van der Waals surface area contributed by atoms with Gasteiger partial charge in [-0.3, -0.25) is 20.2 Å². The molecule has 0 spiro atoms. The maximum absolute atomic E-state index is 11.9. The second kappa shape index (κ2) is 10.5. The minimum absolute atomic E-state index is 0.0682. The smallest absolute Gasteiger partial charge is 0.345 e. The van der Waals surface area contributed by atoms with Gasteiger partial charge in [-0.1, -0.05) is 6.07 Å². The van der Waals surface area contributed by atoms with Gasteiger partial charge in [-0.25, -0.2) is 9.59 Å². The summed E-state index contributed by atoms with van der Waals surface area (Å²) in [7, 11) is 2.22. The van der Waals surface area contributed by atoms with Crippen molar-refractivity contribution in [1.82, 2.24) is 0 Å².